The van der Waals surface area contributed by atoms with Crippen LogP contribution in [0.3, 0.4) is 0 Å². The van der Waals surface area contributed by atoms with Gasteiger partial charge >= 0.3 is 6.18 Å². The average molecular weight is 314 g/mol. The minimum absolute atomic E-state index is 0.0104. The van der Waals surface area contributed by atoms with E-state index in [0.717, 1.165) is 0 Å². The Morgan fingerprint density at radius 2 is 2.14 bits per heavy atom. The summed E-state index contributed by atoms with van der Waals surface area (Å²) in [7, 11) is 0. The molecular formula is C13H13F3N4O2. The van der Waals surface area contributed by atoms with Crippen molar-refractivity contribution in [3.8, 4) is 11.5 Å². The Morgan fingerprint density at radius 1 is 1.32 bits per heavy atom. The second-order valence-corrected chi connectivity index (χ2v) is 4.90. The number of hydrogen-bond donors (Lipinski definition) is 0. The zero-order valence-electron chi connectivity index (χ0n) is 11.7. The molecular weight excluding hydrogens is 301 g/mol. The summed E-state index contributed by atoms with van der Waals surface area (Å²) in [6, 6.07) is 3.32. The van der Waals surface area contributed by atoms with Crippen LogP contribution in [0.4, 0.5) is 19.0 Å². The highest BCUT2D eigenvalue weighted by molar-refractivity contribution is 5.54. The van der Waals surface area contributed by atoms with Crippen LogP contribution in [0.25, 0.3) is 11.5 Å². The van der Waals surface area contributed by atoms with Crippen molar-refractivity contribution in [1.82, 2.24) is 15.1 Å². The van der Waals surface area contributed by atoms with Gasteiger partial charge in [-0.05, 0) is 19.1 Å². The molecule has 1 saturated heterocycles. The number of rotatable bonds is 2. The molecule has 0 N–H and O–H groups in total. The molecule has 1 unspecified atom stereocenters. The normalized spacial score (nSPS) is 19.5. The summed E-state index contributed by atoms with van der Waals surface area (Å²) in [4.78, 5) is 9.79. The molecule has 3 heterocycles. The first-order chi connectivity index (χ1) is 10.4. The molecule has 22 heavy (non-hydrogen) atoms. The fourth-order valence-electron chi connectivity index (χ4n) is 2.17. The maximum atomic E-state index is 12.7. The van der Waals surface area contributed by atoms with Gasteiger partial charge in [0.15, 0.2) is 11.9 Å². The first-order valence-corrected chi connectivity index (χ1v) is 6.63. The smallest absolute Gasteiger partial charge is 0.365 e. The van der Waals surface area contributed by atoms with Crippen LogP contribution in [0.1, 0.15) is 5.82 Å². The molecule has 0 amide bonds. The van der Waals surface area contributed by atoms with Crippen LogP contribution in [0.5, 0.6) is 0 Å². The Kier molecular flexibility index (Phi) is 3.73. The zero-order valence-corrected chi connectivity index (χ0v) is 11.7. The van der Waals surface area contributed by atoms with Crippen molar-refractivity contribution >= 4 is 5.82 Å². The molecule has 0 radical (unpaired) electrons. The zero-order chi connectivity index (χ0) is 15.7. The highest BCUT2D eigenvalue weighted by Gasteiger charge is 2.43. The summed E-state index contributed by atoms with van der Waals surface area (Å²) in [5.41, 5.74) is 0.616. The first-order valence-electron chi connectivity index (χ1n) is 6.63. The van der Waals surface area contributed by atoms with E-state index in [2.05, 4.69) is 15.1 Å². The van der Waals surface area contributed by atoms with Gasteiger partial charge in [-0.1, -0.05) is 5.16 Å². The molecule has 1 fully saturated rings. The van der Waals surface area contributed by atoms with E-state index in [9.17, 15) is 13.2 Å². The lowest BCUT2D eigenvalue weighted by Gasteiger charge is -2.34. The van der Waals surface area contributed by atoms with Gasteiger partial charge in [-0.2, -0.15) is 18.2 Å². The average Bonchev–Trinajstić information content (AvgIpc) is 2.93. The van der Waals surface area contributed by atoms with Crippen molar-refractivity contribution < 1.29 is 22.4 Å². The molecule has 118 valence electrons. The summed E-state index contributed by atoms with van der Waals surface area (Å²) >= 11 is 0. The summed E-state index contributed by atoms with van der Waals surface area (Å²) in [5.74, 6) is 1.28. The van der Waals surface area contributed by atoms with Crippen LogP contribution in [0, 0.1) is 6.92 Å². The van der Waals surface area contributed by atoms with E-state index >= 15 is 0 Å². The Hall–Kier alpha value is -2.16. The third-order valence-electron chi connectivity index (χ3n) is 3.28. The molecule has 0 bridgehead atoms. The number of nitrogens with zero attached hydrogens (tertiary/aromatic N) is 4. The SMILES string of the molecule is Cc1noc(-c2ccc(N3CCOC(C(F)(F)F)C3)nc2)n1. The molecule has 0 aromatic carbocycles. The molecule has 0 saturated carbocycles. The Labute approximate surface area is 123 Å². The molecule has 2 aromatic heterocycles. The number of pyridine rings is 1. The minimum atomic E-state index is -4.38. The van der Waals surface area contributed by atoms with Gasteiger partial charge in [0, 0.05) is 12.7 Å². The van der Waals surface area contributed by atoms with Gasteiger partial charge in [0.25, 0.3) is 5.89 Å². The second-order valence-electron chi connectivity index (χ2n) is 4.90. The molecule has 3 rings (SSSR count). The topological polar surface area (TPSA) is 64.3 Å². The monoisotopic (exact) mass is 314 g/mol. The maximum Gasteiger partial charge on any atom is 0.416 e. The Balaban J connectivity index is 1.75. The number of halogens is 3. The molecule has 1 aliphatic heterocycles. The number of morpholine rings is 1. The van der Waals surface area contributed by atoms with Gasteiger partial charge in [-0.3, -0.25) is 0 Å². The summed E-state index contributed by atoms with van der Waals surface area (Å²) < 4.78 is 47.9. The largest absolute Gasteiger partial charge is 0.416 e. The number of aryl methyl sites for hydroxylation is 1. The van der Waals surface area contributed by atoms with Gasteiger partial charge in [0.05, 0.1) is 18.7 Å². The van der Waals surface area contributed by atoms with Gasteiger partial charge in [0.2, 0.25) is 0 Å². The highest BCUT2D eigenvalue weighted by atomic mass is 19.4. The van der Waals surface area contributed by atoms with Crippen molar-refractivity contribution in [2.45, 2.75) is 19.2 Å². The maximum absolute atomic E-state index is 12.7. The van der Waals surface area contributed by atoms with Crippen molar-refractivity contribution in [1.29, 1.82) is 0 Å². The van der Waals surface area contributed by atoms with E-state index < -0.39 is 12.3 Å². The van der Waals surface area contributed by atoms with Gasteiger partial charge < -0.3 is 14.2 Å². The molecule has 0 spiro atoms. The quantitative estimate of drug-likeness (QED) is 0.847. The van der Waals surface area contributed by atoms with Crippen molar-refractivity contribution in [2.75, 3.05) is 24.6 Å². The van der Waals surface area contributed by atoms with Crippen LogP contribution >= 0.6 is 0 Å². The highest BCUT2D eigenvalue weighted by Crippen LogP contribution is 2.28. The van der Waals surface area contributed by atoms with E-state index in [1.807, 2.05) is 0 Å². The third-order valence-corrected chi connectivity index (χ3v) is 3.28. The van der Waals surface area contributed by atoms with Crippen LogP contribution in [-0.2, 0) is 4.74 Å². The van der Waals surface area contributed by atoms with E-state index in [-0.39, 0.29) is 13.2 Å². The molecule has 6 nitrogen and oxygen atoms in total. The standard InChI is InChI=1S/C13H13F3N4O2/c1-8-18-12(22-19-8)9-2-3-11(17-6-9)20-4-5-21-10(7-20)13(14,15)16/h2-3,6,10H,4-5,7H2,1H3. The predicted octanol–water partition coefficient (Wildman–Crippen LogP) is 2.21. The Bertz CT molecular complexity index is 641. The van der Waals surface area contributed by atoms with E-state index in [4.69, 9.17) is 9.26 Å². The van der Waals surface area contributed by atoms with E-state index in [1.165, 1.54) is 6.20 Å². The lowest BCUT2D eigenvalue weighted by Crippen LogP contribution is -2.49. The van der Waals surface area contributed by atoms with Crippen LogP contribution in [-0.4, -0.2) is 47.1 Å². The fourth-order valence-corrected chi connectivity index (χ4v) is 2.17. The Morgan fingerprint density at radius 3 is 2.73 bits per heavy atom. The molecule has 0 aliphatic carbocycles. The lowest BCUT2D eigenvalue weighted by atomic mass is 10.2. The van der Waals surface area contributed by atoms with Crippen molar-refractivity contribution in [3.05, 3.63) is 24.2 Å². The summed E-state index contributed by atoms with van der Waals surface area (Å²) in [5, 5.41) is 3.68. The summed E-state index contributed by atoms with van der Waals surface area (Å²) in [6.45, 7) is 1.80. The number of aromatic nitrogens is 3. The van der Waals surface area contributed by atoms with Gasteiger partial charge in [-0.25, -0.2) is 4.98 Å². The molecule has 1 aliphatic rings. The number of anilines is 1. The van der Waals surface area contributed by atoms with Gasteiger partial charge in [0.1, 0.15) is 5.82 Å². The molecule has 2 aromatic rings. The summed E-state index contributed by atoms with van der Waals surface area (Å²) in [6.07, 6.45) is -4.67. The second kappa shape index (κ2) is 5.56. The van der Waals surface area contributed by atoms with Crippen LogP contribution < -0.4 is 4.90 Å². The minimum Gasteiger partial charge on any atom is -0.365 e. The van der Waals surface area contributed by atoms with E-state index in [1.54, 1.807) is 24.0 Å². The number of alkyl halides is 3. The third kappa shape index (κ3) is 3.03. The van der Waals surface area contributed by atoms with Crippen molar-refractivity contribution in [3.63, 3.8) is 0 Å². The van der Waals surface area contributed by atoms with Crippen LogP contribution in [0.15, 0.2) is 22.9 Å². The fraction of sp³-hybridized carbons (Fsp3) is 0.462. The predicted molar refractivity (Wildman–Crippen MR) is 70.3 cm³/mol. The van der Waals surface area contributed by atoms with E-state index in [0.29, 0.717) is 29.6 Å². The lowest BCUT2D eigenvalue weighted by molar-refractivity contribution is -0.221. The number of ether oxygens (including phenoxy) is 1. The van der Waals surface area contributed by atoms with Crippen LogP contribution in [0.2, 0.25) is 0 Å². The first kappa shape index (κ1) is 14.8. The molecule has 9 heteroatoms. The van der Waals surface area contributed by atoms with Crippen molar-refractivity contribution in [2.24, 2.45) is 0 Å². The molecule has 1 atom stereocenters. The number of hydrogen-bond acceptors (Lipinski definition) is 6. The van der Waals surface area contributed by atoms with Gasteiger partial charge in [-0.15, -0.1) is 0 Å².